The van der Waals surface area contributed by atoms with E-state index < -0.39 is 0 Å². The topological polar surface area (TPSA) is 29.5 Å². The first-order chi connectivity index (χ1) is 8.24. The minimum absolute atomic E-state index is 0.208. The molecule has 1 saturated heterocycles. The van der Waals surface area contributed by atoms with Crippen molar-refractivity contribution in [1.82, 2.24) is 0 Å². The van der Waals surface area contributed by atoms with E-state index in [-0.39, 0.29) is 6.10 Å². The van der Waals surface area contributed by atoms with Crippen LogP contribution >= 0.6 is 0 Å². The largest absolute Gasteiger partial charge is 0.393 e. The highest BCUT2D eigenvalue weighted by atomic mass is 16.5. The lowest BCUT2D eigenvalue weighted by Gasteiger charge is -2.24. The van der Waals surface area contributed by atoms with Crippen molar-refractivity contribution in [3.63, 3.8) is 0 Å². The lowest BCUT2D eigenvalue weighted by atomic mass is 9.91. The summed E-state index contributed by atoms with van der Waals surface area (Å²) in [5.41, 5.74) is 2.50. The van der Waals surface area contributed by atoms with Gasteiger partial charge in [0.05, 0.1) is 6.10 Å². The Morgan fingerprint density at radius 1 is 1.35 bits per heavy atom. The van der Waals surface area contributed by atoms with E-state index in [9.17, 15) is 5.11 Å². The van der Waals surface area contributed by atoms with Gasteiger partial charge in [-0.2, -0.15) is 0 Å². The molecule has 1 atom stereocenters. The van der Waals surface area contributed by atoms with Crippen LogP contribution in [0.15, 0.2) is 24.3 Å². The molecule has 0 saturated carbocycles. The molecule has 0 radical (unpaired) electrons. The summed E-state index contributed by atoms with van der Waals surface area (Å²) in [5.74, 6) is 0.642. The monoisotopic (exact) mass is 234 g/mol. The fourth-order valence-corrected chi connectivity index (χ4v) is 2.56. The molecule has 0 bridgehead atoms. The van der Waals surface area contributed by atoms with E-state index in [2.05, 4.69) is 31.2 Å². The minimum atomic E-state index is -0.208. The maximum atomic E-state index is 10.1. The second-order valence-electron chi connectivity index (χ2n) is 5.14. The quantitative estimate of drug-likeness (QED) is 0.868. The number of aryl methyl sites for hydroxylation is 1. The molecule has 2 heteroatoms. The molecule has 0 amide bonds. The lowest BCUT2D eigenvalue weighted by molar-refractivity contribution is 0.0439. The zero-order chi connectivity index (χ0) is 12.1. The van der Waals surface area contributed by atoms with Crippen LogP contribution in [0.5, 0.6) is 0 Å². The van der Waals surface area contributed by atoms with Gasteiger partial charge in [0.15, 0.2) is 0 Å². The molecule has 1 aromatic carbocycles. The summed E-state index contributed by atoms with van der Waals surface area (Å²) >= 11 is 0. The SMILES string of the molecule is Cc1cccc(CC(O)CC2CCOCC2)c1. The summed E-state index contributed by atoms with van der Waals surface area (Å²) in [4.78, 5) is 0. The van der Waals surface area contributed by atoms with Crippen molar-refractivity contribution >= 4 is 0 Å². The second-order valence-corrected chi connectivity index (χ2v) is 5.14. The molecule has 1 fully saturated rings. The van der Waals surface area contributed by atoms with Gasteiger partial charge in [-0.3, -0.25) is 0 Å². The van der Waals surface area contributed by atoms with Gasteiger partial charge in [0.2, 0.25) is 0 Å². The first-order valence-electron chi connectivity index (χ1n) is 6.55. The fourth-order valence-electron chi connectivity index (χ4n) is 2.56. The molecule has 1 heterocycles. The van der Waals surface area contributed by atoms with Crippen molar-refractivity contribution < 1.29 is 9.84 Å². The summed E-state index contributed by atoms with van der Waals surface area (Å²) in [6.07, 6.45) is 3.69. The van der Waals surface area contributed by atoms with Crippen molar-refractivity contribution in [2.45, 2.75) is 38.7 Å². The highest BCUT2D eigenvalue weighted by Crippen LogP contribution is 2.21. The minimum Gasteiger partial charge on any atom is -0.393 e. The predicted octanol–water partition coefficient (Wildman–Crippen LogP) is 2.72. The number of hydrogen-bond donors (Lipinski definition) is 1. The maximum Gasteiger partial charge on any atom is 0.0583 e. The van der Waals surface area contributed by atoms with Crippen molar-refractivity contribution in [3.8, 4) is 0 Å². The van der Waals surface area contributed by atoms with Crippen molar-refractivity contribution in [2.75, 3.05) is 13.2 Å². The Morgan fingerprint density at radius 2 is 2.12 bits per heavy atom. The van der Waals surface area contributed by atoms with Crippen LogP contribution in [0.2, 0.25) is 0 Å². The predicted molar refractivity (Wildman–Crippen MR) is 69.0 cm³/mol. The Balaban J connectivity index is 1.82. The third kappa shape index (κ3) is 4.14. The zero-order valence-corrected chi connectivity index (χ0v) is 10.6. The van der Waals surface area contributed by atoms with E-state index in [0.29, 0.717) is 5.92 Å². The van der Waals surface area contributed by atoms with Crippen LogP contribution in [-0.4, -0.2) is 24.4 Å². The molecule has 2 nitrogen and oxygen atoms in total. The van der Waals surface area contributed by atoms with Crippen molar-refractivity contribution in [3.05, 3.63) is 35.4 Å². The Morgan fingerprint density at radius 3 is 2.82 bits per heavy atom. The summed E-state index contributed by atoms with van der Waals surface area (Å²) < 4.78 is 5.33. The van der Waals surface area contributed by atoms with Gasteiger partial charge in [0, 0.05) is 13.2 Å². The molecule has 1 N–H and O–H groups in total. The van der Waals surface area contributed by atoms with Gasteiger partial charge in [-0.25, -0.2) is 0 Å². The highest BCUT2D eigenvalue weighted by Gasteiger charge is 2.17. The van der Waals surface area contributed by atoms with Gasteiger partial charge in [-0.15, -0.1) is 0 Å². The molecule has 17 heavy (non-hydrogen) atoms. The van der Waals surface area contributed by atoms with Crippen LogP contribution in [0.4, 0.5) is 0 Å². The first-order valence-corrected chi connectivity index (χ1v) is 6.55. The molecule has 0 aliphatic carbocycles. The third-order valence-corrected chi connectivity index (χ3v) is 3.50. The van der Waals surface area contributed by atoms with E-state index in [1.165, 1.54) is 11.1 Å². The molecule has 94 valence electrons. The van der Waals surface area contributed by atoms with Crippen LogP contribution in [0, 0.1) is 12.8 Å². The van der Waals surface area contributed by atoms with Gasteiger partial charge in [0.25, 0.3) is 0 Å². The van der Waals surface area contributed by atoms with E-state index >= 15 is 0 Å². The van der Waals surface area contributed by atoms with E-state index in [1.807, 2.05) is 0 Å². The van der Waals surface area contributed by atoms with Gasteiger partial charge >= 0.3 is 0 Å². The molecule has 1 aliphatic heterocycles. The van der Waals surface area contributed by atoms with E-state index in [1.54, 1.807) is 0 Å². The summed E-state index contributed by atoms with van der Waals surface area (Å²) in [6.45, 7) is 3.82. The lowest BCUT2D eigenvalue weighted by Crippen LogP contribution is -2.22. The molecule has 2 rings (SSSR count). The number of aliphatic hydroxyl groups is 1. The molecule has 0 spiro atoms. The first kappa shape index (κ1) is 12.6. The summed E-state index contributed by atoms with van der Waals surface area (Å²) in [7, 11) is 0. The number of hydrogen-bond acceptors (Lipinski definition) is 2. The smallest absolute Gasteiger partial charge is 0.0583 e. The van der Waals surface area contributed by atoms with Crippen molar-refractivity contribution in [2.24, 2.45) is 5.92 Å². The second kappa shape index (κ2) is 6.18. The van der Waals surface area contributed by atoms with Crippen LogP contribution in [0.3, 0.4) is 0 Å². The zero-order valence-electron chi connectivity index (χ0n) is 10.6. The number of rotatable bonds is 4. The maximum absolute atomic E-state index is 10.1. The Hall–Kier alpha value is -0.860. The van der Waals surface area contributed by atoms with E-state index in [4.69, 9.17) is 4.74 Å². The molecule has 1 aliphatic rings. The number of benzene rings is 1. The summed E-state index contributed by atoms with van der Waals surface area (Å²) in [5, 5.41) is 10.1. The highest BCUT2D eigenvalue weighted by molar-refractivity contribution is 5.22. The van der Waals surface area contributed by atoms with Gasteiger partial charge in [-0.05, 0) is 44.1 Å². The normalized spacial score (nSPS) is 19.2. The Kier molecular flexibility index (Phi) is 4.57. The standard InChI is InChI=1S/C15H22O2/c1-12-3-2-4-14(9-12)11-15(16)10-13-5-7-17-8-6-13/h2-4,9,13,15-16H,5-8,10-11H2,1H3. The van der Waals surface area contributed by atoms with Gasteiger partial charge in [0.1, 0.15) is 0 Å². The third-order valence-electron chi connectivity index (χ3n) is 3.50. The average molecular weight is 234 g/mol. The van der Waals surface area contributed by atoms with Crippen LogP contribution in [0.25, 0.3) is 0 Å². The molecule has 0 aromatic heterocycles. The number of ether oxygens (including phenoxy) is 1. The fraction of sp³-hybridized carbons (Fsp3) is 0.600. The molecule has 1 aromatic rings. The van der Waals surface area contributed by atoms with Gasteiger partial charge < -0.3 is 9.84 Å². The van der Waals surface area contributed by atoms with E-state index in [0.717, 1.165) is 38.9 Å². The van der Waals surface area contributed by atoms with Crippen LogP contribution < -0.4 is 0 Å². The molecular formula is C15H22O2. The average Bonchev–Trinajstić information content (AvgIpc) is 2.30. The number of aliphatic hydroxyl groups excluding tert-OH is 1. The van der Waals surface area contributed by atoms with Crippen molar-refractivity contribution in [1.29, 1.82) is 0 Å². The summed E-state index contributed by atoms with van der Waals surface area (Å²) in [6, 6.07) is 8.41. The molecule has 1 unspecified atom stereocenters. The van der Waals surface area contributed by atoms with Crippen LogP contribution in [-0.2, 0) is 11.2 Å². The molecular weight excluding hydrogens is 212 g/mol. The Bertz CT molecular complexity index is 343. The van der Waals surface area contributed by atoms with Gasteiger partial charge in [-0.1, -0.05) is 29.8 Å². The Labute approximate surface area is 104 Å². The van der Waals surface area contributed by atoms with Crippen LogP contribution in [0.1, 0.15) is 30.4 Å².